The molecule has 0 unspecified atom stereocenters. The summed E-state index contributed by atoms with van der Waals surface area (Å²) in [5.41, 5.74) is 1.60. The lowest BCUT2D eigenvalue weighted by molar-refractivity contribution is 0.112. The molecular formula is C9H7ClO2. The molecule has 0 bridgehead atoms. The standard InChI is InChI=1S/C9H7ClO2/c1-6-7(4-11)2-9(10)3-8(6)5-12/h2-5H,1H3. The molecule has 1 rings (SSSR count). The van der Waals surface area contributed by atoms with E-state index in [0.29, 0.717) is 34.3 Å². The largest absolute Gasteiger partial charge is 0.298 e. The molecular weight excluding hydrogens is 176 g/mol. The topological polar surface area (TPSA) is 34.1 Å². The van der Waals surface area contributed by atoms with Gasteiger partial charge in [0.2, 0.25) is 0 Å². The fourth-order valence-electron chi connectivity index (χ4n) is 0.967. The van der Waals surface area contributed by atoms with Gasteiger partial charge in [-0.15, -0.1) is 0 Å². The maximum atomic E-state index is 10.5. The van der Waals surface area contributed by atoms with Crippen LogP contribution in [0.15, 0.2) is 12.1 Å². The fraction of sp³-hybridized carbons (Fsp3) is 0.111. The van der Waals surface area contributed by atoms with E-state index in [1.165, 1.54) is 12.1 Å². The second-order valence-corrected chi connectivity index (χ2v) is 2.88. The zero-order valence-electron chi connectivity index (χ0n) is 6.50. The molecule has 1 aromatic carbocycles. The Bertz CT molecular complexity index is 302. The van der Waals surface area contributed by atoms with Gasteiger partial charge >= 0.3 is 0 Å². The number of hydrogen-bond donors (Lipinski definition) is 0. The van der Waals surface area contributed by atoms with Gasteiger partial charge in [-0.25, -0.2) is 0 Å². The molecule has 0 aliphatic rings. The van der Waals surface area contributed by atoms with E-state index in [0.717, 1.165) is 0 Å². The van der Waals surface area contributed by atoms with Crippen LogP contribution in [0, 0.1) is 6.92 Å². The lowest BCUT2D eigenvalue weighted by atomic mass is 10.0. The summed E-state index contributed by atoms with van der Waals surface area (Å²) in [5.74, 6) is 0. The van der Waals surface area contributed by atoms with Gasteiger partial charge in [-0.05, 0) is 24.6 Å². The summed E-state index contributed by atoms with van der Waals surface area (Å²) in [4.78, 5) is 20.9. The number of halogens is 1. The molecule has 3 heteroatoms. The van der Waals surface area contributed by atoms with E-state index in [4.69, 9.17) is 11.6 Å². The van der Waals surface area contributed by atoms with Crippen molar-refractivity contribution in [2.45, 2.75) is 6.92 Å². The Morgan fingerprint density at radius 3 is 1.92 bits per heavy atom. The maximum Gasteiger partial charge on any atom is 0.150 e. The van der Waals surface area contributed by atoms with Crippen molar-refractivity contribution >= 4 is 24.2 Å². The van der Waals surface area contributed by atoms with Crippen LogP contribution >= 0.6 is 11.6 Å². The number of hydrogen-bond acceptors (Lipinski definition) is 2. The highest BCUT2D eigenvalue weighted by Crippen LogP contribution is 2.17. The number of carbonyl (C=O) groups is 2. The van der Waals surface area contributed by atoms with Crippen LogP contribution in [-0.4, -0.2) is 12.6 Å². The summed E-state index contributed by atoms with van der Waals surface area (Å²) >= 11 is 5.66. The first-order valence-corrected chi connectivity index (χ1v) is 3.77. The van der Waals surface area contributed by atoms with E-state index in [1.54, 1.807) is 6.92 Å². The number of aldehydes is 2. The van der Waals surface area contributed by atoms with E-state index < -0.39 is 0 Å². The molecule has 0 N–H and O–H groups in total. The average molecular weight is 183 g/mol. The first-order chi connectivity index (χ1) is 5.69. The Balaban J connectivity index is 3.41. The van der Waals surface area contributed by atoms with Gasteiger partial charge in [0.25, 0.3) is 0 Å². The smallest absolute Gasteiger partial charge is 0.150 e. The Morgan fingerprint density at radius 2 is 1.58 bits per heavy atom. The predicted molar refractivity (Wildman–Crippen MR) is 47.0 cm³/mol. The SMILES string of the molecule is Cc1c(C=O)cc(Cl)cc1C=O. The van der Waals surface area contributed by atoms with Gasteiger partial charge in [0.1, 0.15) is 12.6 Å². The van der Waals surface area contributed by atoms with Gasteiger partial charge in [0, 0.05) is 16.1 Å². The van der Waals surface area contributed by atoms with Crippen LogP contribution in [0.4, 0.5) is 0 Å². The number of carbonyl (C=O) groups excluding carboxylic acids is 2. The third-order valence-corrected chi connectivity index (χ3v) is 1.92. The number of benzene rings is 1. The van der Waals surface area contributed by atoms with Gasteiger partial charge in [0.05, 0.1) is 0 Å². The van der Waals surface area contributed by atoms with Crippen molar-refractivity contribution < 1.29 is 9.59 Å². The van der Waals surface area contributed by atoms with E-state index in [9.17, 15) is 9.59 Å². The summed E-state index contributed by atoms with van der Waals surface area (Å²) < 4.78 is 0. The molecule has 0 aromatic heterocycles. The van der Waals surface area contributed by atoms with Crippen LogP contribution < -0.4 is 0 Å². The molecule has 12 heavy (non-hydrogen) atoms. The van der Waals surface area contributed by atoms with Crippen LogP contribution in [0.5, 0.6) is 0 Å². The molecule has 0 spiro atoms. The molecule has 0 aliphatic carbocycles. The molecule has 0 heterocycles. The van der Waals surface area contributed by atoms with Gasteiger partial charge < -0.3 is 0 Å². The van der Waals surface area contributed by atoms with E-state index >= 15 is 0 Å². The van der Waals surface area contributed by atoms with Crippen molar-refractivity contribution in [3.63, 3.8) is 0 Å². The predicted octanol–water partition coefficient (Wildman–Crippen LogP) is 2.27. The average Bonchev–Trinajstić information content (AvgIpc) is 2.08. The second-order valence-electron chi connectivity index (χ2n) is 2.44. The van der Waals surface area contributed by atoms with Gasteiger partial charge in [-0.1, -0.05) is 11.6 Å². The minimum Gasteiger partial charge on any atom is -0.298 e. The van der Waals surface area contributed by atoms with E-state index in [1.807, 2.05) is 0 Å². The highest BCUT2D eigenvalue weighted by molar-refractivity contribution is 6.31. The Labute approximate surface area is 75.2 Å². The third-order valence-electron chi connectivity index (χ3n) is 1.71. The first kappa shape index (κ1) is 8.94. The number of rotatable bonds is 2. The highest BCUT2D eigenvalue weighted by atomic mass is 35.5. The quantitative estimate of drug-likeness (QED) is 0.658. The second kappa shape index (κ2) is 3.50. The van der Waals surface area contributed by atoms with E-state index in [2.05, 4.69) is 0 Å². The van der Waals surface area contributed by atoms with E-state index in [-0.39, 0.29) is 0 Å². The van der Waals surface area contributed by atoms with Gasteiger partial charge in [-0.2, -0.15) is 0 Å². The Kier molecular flexibility index (Phi) is 2.61. The lowest BCUT2D eigenvalue weighted by Crippen LogP contribution is -1.93. The third kappa shape index (κ3) is 1.53. The molecule has 1 aromatic rings. The van der Waals surface area contributed by atoms with Crippen molar-refractivity contribution in [3.8, 4) is 0 Å². The van der Waals surface area contributed by atoms with Crippen LogP contribution in [0.2, 0.25) is 5.02 Å². The monoisotopic (exact) mass is 182 g/mol. The van der Waals surface area contributed by atoms with Crippen LogP contribution in [0.25, 0.3) is 0 Å². The summed E-state index contributed by atoms with van der Waals surface area (Å²) in [7, 11) is 0. The van der Waals surface area contributed by atoms with Crippen LogP contribution in [-0.2, 0) is 0 Å². The minimum absolute atomic E-state index is 0.407. The van der Waals surface area contributed by atoms with Crippen molar-refractivity contribution in [1.29, 1.82) is 0 Å². The summed E-state index contributed by atoms with van der Waals surface area (Å²) in [5, 5.41) is 0.407. The Morgan fingerprint density at radius 1 is 1.17 bits per heavy atom. The summed E-state index contributed by atoms with van der Waals surface area (Å²) in [6.07, 6.45) is 1.38. The Hall–Kier alpha value is -1.15. The fourth-order valence-corrected chi connectivity index (χ4v) is 1.20. The molecule has 0 amide bonds. The van der Waals surface area contributed by atoms with Gasteiger partial charge in [0.15, 0.2) is 0 Å². The molecule has 0 saturated carbocycles. The summed E-state index contributed by atoms with van der Waals surface area (Å²) in [6, 6.07) is 3.08. The van der Waals surface area contributed by atoms with Crippen molar-refractivity contribution in [3.05, 3.63) is 33.8 Å². The molecule has 0 aliphatic heterocycles. The van der Waals surface area contributed by atoms with Crippen molar-refractivity contribution in [2.24, 2.45) is 0 Å². The molecule has 0 radical (unpaired) electrons. The molecule has 0 saturated heterocycles. The van der Waals surface area contributed by atoms with Crippen molar-refractivity contribution in [2.75, 3.05) is 0 Å². The zero-order valence-corrected chi connectivity index (χ0v) is 7.26. The maximum absolute atomic E-state index is 10.5. The first-order valence-electron chi connectivity index (χ1n) is 3.39. The van der Waals surface area contributed by atoms with Gasteiger partial charge in [-0.3, -0.25) is 9.59 Å². The van der Waals surface area contributed by atoms with Crippen molar-refractivity contribution in [1.82, 2.24) is 0 Å². The zero-order chi connectivity index (χ0) is 9.14. The highest BCUT2D eigenvalue weighted by Gasteiger charge is 2.04. The van der Waals surface area contributed by atoms with Crippen LogP contribution in [0.3, 0.4) is 0 Å². The summed E-state index contributed by atoms with van der Waals surface area (Å²) in [6.45, 7) is 1.71. The minimum atomic E-state index is 0.407. The lowest BCUT2D eigenvalue weighted by Gasteiger charge is -2.01. The normalized spacial score (nSPS) is 9.50. The van der Waals surface area contributed by atoms with Crippen LogP contribution in [0.1, 0.15) is 26.3 Å². The molecule has 0 atom stereocenters. The molecule has 62 valence electrons. The molecule has 2 nitrogen and oxygen atoms in total. The molecule has 0 fully saturated rings.